The number of aliphatic hydroxyl groups is 1. The molecule has 1 aromatic carbocycles. The SMILES string of the molecule is CCC1CCCCN1S(=O)(=O)c1cc(CO)ccc1F. The molecule has 1 aliphatic heterocycles. The Morgan fingerprint density at radius 2 is 2.15 bits per heavy atom. The lowest BCUT2D eigenvalue weighted by molar-refractivity contribution is 0.246. The van der Waals surface area contributed by atoms with E-state index < -0.39 is 15.8 Å². The van der Waals surface area contributed by atoms with E-state index in [0.717, 1.165) is 31.7 Å². The summed E-state index contributed by atoms with van der Waals surface area (Å²) < 4.78 is 40.6. The minimum atomic E-state index is -3.84. The monoisotopic (exact) mass is 301 g/mol. The molecule has 1 atom stereocenters. The molecule has 1 unspecified atom stereocenters. The molecular formula is C14H20FNO3S. The van der Waals surface area contributed by atoms with Crippen molar-refractivity contribution in [2.24, 2.45) is 0 Å². The maximum Gasteiger partial charge on any atom is 0.246 e. The molecule has 20 heavy (non-hydrogen) atoms. The van der Waals surface area contributed by atoms with E-state index in [1.807, 2.05) is 6.92 Å². The molecule has 1 aliphatic rings. The van der Waals surface area contributed by atoms with Gasteiger partial charge in [-0.05, 0) is 37.0 Å². The van der Waals surface area contributed by atoms with Crippen LogP contribution in [-0.4, -0.2) is 30.4 Å². The number of piperidine rings is 1. The fourth-order valence-electron chi connectivity index (χ4n) is 2.67. The van der Waals surface area contributed by atoms with Crippen LogP contribution < -0.4 is 0 Å². The Bertz CT molecular complexity index is 574. The van der Waals surface area contributed by atoms with Gasteiger partial charge in [-0.1, -0.05) is 19.4 Å². The number of hydrogen-bond acceptors (Lipinski definition) is 3. The summed E-state index contributed by atoms with van der Waals surface area (Å²) in [5, 5.41) is 9.10. The zero-order valence-corrected chi connectivity index (χ0v) is 12.4. The Kier molecular flexibility index (Phi) is 4.78. The van der Waals surface area contributed by atoms with Gasteiger partial charge in [-0.15, -0.1) is 0 Å². The van der Waals surface area contributed by atoms with Crippen molar-refractivity contribution in [1.29, 1.82) is 0 Å². The summed E-state index contributed by atoms with van der Waals surface area (Å²) in [7, 11) is -3.84. The van der Waals surface area contributed by atoms with E-state index in [-0.39, 0.29) is 17.5 Å². The van der Waals surface area contributed by atoms with Gasteiger partial charge in [0.2, 0.25) is 10.0 Å². The van der Waals surface area contributed by atoms with Gasteiger partial charge in [0.05, 0.1) is 6.61 Å². The van der Waals surface area contributed by atoms with E-state index in [0.29, 0.717) is 12.1 Å². The number of benzene rings is 1. The second-order valence-corrected chi connectivity index (χ2v) is 6.96. The fourth-order valence-corrected chi connectivity index (χ4v) is 4.55. The number of sulfonamides is 1. The van der Waals surface area contributed by atoms with E-state index in [4.69, 9.17) is 5.11 Å². The van der Waals surface area contributed by atoms with E-state index >= 15 is 0 Å². The van der Waals surface area contributed by atoms with Gasteiger partial charge >= 0.3 is 0 Å². The molecule has 4 nitrogen and oxygen atoms in total. The smallest absolute Gasteiger partial charge is 0.246 e. The summed E-state index contributed by atoms with van der Waals surface area (Å²) in [6.45, 7) is 2.07. The average Bonchev–Trinajstić information content (AvgIpc) is 2.47. The highest BCUT2D eigenvalue weighted by molar-refractivity contribution is 7.89. The van der Waals surface area contributed by atoms with Crippen LogP contribution in [-0.2, 0) is 16.6 Å². The largest absolute Gasteiger partial charge is 0.392 e. The van der Waals surface area contributed by atoms with Crippen LogP contribution in [0.4, 0.5) is 4.39 Å². The highest BCUT2D eigenvalue weighted by Crippen LogP contribution is 2.28. The zero-order chi connectivity index (χ0) is 14.8. The molecular weight excluding hydrogens is 281 g/mol. The van der Waals surface area contributed by atoms with Crippen LogP contribution in [0.25, 0.3) is 0 Å². The van der Waals surface area contributed by atoms with Crippen molar-refractivity contribution in [3.05, 3.63) is 29.6 Å². The quantitative estimate of drug-likeness (QED) is 0.928. The van der Waals surface area contributed by atoms with Crippen molar-refractivity contribution in [2.75, 3.05) is 6.54 Å². The molecule has 112 valence electrons. The zero-order valence-electron chi connectivity index (χ0n) is 11.5. The third-order valence-corrected chi connectivity index (χ3v) is 5.78. The molecule has 0 bridgehead atoms. The lowest BCUT2D eigenvalue weighted by atomic mass is 10.0. The Balaban J connectivity index is 2.43. The Morgan fingerprint density at radius 1 is 1.40 bits per heavy atom. The normalized spacial score (nSPS) is 21.1. The van der Waals surface area contributed by atoms with Crippen LogP contribution >= 0.6 is 0 Å². The van der Waals surface area contributed by atoms with Gasteiger partial charge in [0.1, 0.15) is 10.7 Å². The van der Waals surface area contributed by atoms with Gasteiger partial charge in [-0.2, -0.15) is 4.31 Å². The molecule has 1 saturated heterocycles. The summed E-state index contributed by atoms with van der Waals surface area (Å²) in [5.41, 5.74) is 0.398. The highest BCUT2D eigenvalue weighted by Gasteiger charge is 2.34. The molecule has 0 saturated carbocycles. The van der Waals surface area contributed by atoms with Crippen LogP contribution in [0.1, 0.15) is 38.2 Å². The van der Waals surface area contributed by atoms with Gasteiger partial charge < -0.3 is 5.11 Å². The van der Waals surface area contributed by atoms with Crippen molar-refractivity contribution < 1.29 is 17.9 Å². The van der Waals surface area contributed by atoms with Crippen molar-refractivity contribution in [1.82, 2.24) is 4.31 Å². The number of rotatable bonds is 4. The van der Waals surface area contributed by atoms with Gasteiger partial charge in [0.25, 0.3) is 0 Å². The lowest BCUT2D eigenvalue weighted by Gasteiger charge is -2.34. The van der Waals surface area contributed by atoms with Crippen LogP contribution in [0.2, 0.25) is 0 Å². The van der Waals surface area contributed by atoms with Gasteiger partial charge in [0.15, 0.2) is 0 Å². The van der Waals surface area contributed by atoms with Crippen molar-refractivity contribution in [2.45, 2.75) is 50.2 Å². The topological polar surface area (TPSA) is 57.6 Å². The van der Waals surface area contributed by atoms with Crippen LogP contribution in [0.5, 0.6) is 0 Å². The van der Waals surface area contributed by atoms with E-state index in [1.165, 1.54) is 16.4 Å². The molecule has 1 aromatic rings. The second kappa shape index (κ2) is 6.20. The van der Waals surface area contributed by atoms with E-state index in [2.05, 4.69) is 0 Å². The predicted octanol–water partition coefficient (Wildman–Crippen LogP) is 2.27. The van der Waals surface area contributed by atoms with Gasteiger partial charge in [-0.25, -0.2) is 12.8 Å². The Labute approximate surface area is 119 Å². The molecule has 0 radical (unpaired) electrons. The fraction of sp³-hybridized carbons (Fsp3) is 0.571. The van der Waals surface area contributed by atoms with Crippen molar-refractivity contribution >= 4 is 10.0 Å². The molecule has 0 aliphatic carbocycles. The summed E-state index contributed by atoms with van der Waals surface area (Å²) >= 11 is 0. The first-order chi connectivity index (χ1) is 9.50. The molecule has 1 heterocycles. The first-order valence-corrected chi connectivity index (χ1v) is 8.35. The van der Waals surface area contributed by atoms with Gasteiger partial charge in [-0.3, -0.25) is 0 Å². The number of nitrogens with zero attached hydrogens (tertiary/aromatic N) is 1. The Morgan fingerprint density at radius 3 is 2.80 bits per heavy atom. The molecule has 0 aromatic heterocycles. The molecule has 0 amide bonds. The minimum absolute atomic E-state index is 0.0640. The summed E-state index contributed by atoms with van der Waals surface area (Å²) in [6, 6.07) is 3.66. The number of aliphatic hydroxyl groups excluding tert-OH is 1. The lowest BCUT2D eigenvalue weighted by Crippen LogP contribution is -2.43. The van der Waals surface area contributed by atoms with E-state index in [9.17, 15) is 12.8 Å². The van der Waals surface area contributed by atoms with E-state index in [1.54, 1.807) is 0 Å². The Hall–Kier alpha value is -0.980. The third kappa shape index (κ3) is 2.87. The second-order valence-electron chi connectivity index (χ2n) is 5.10. The summed E-state index contributed by atoms with van der Waals surface area (Å²) in [6.07, 6.45) is 3.35. The molecule has 6 heteroatoms. The standard InChI is InChI=1S/C14H20FNO3S/c1-2-12-5-3-4-8-16(12)20(18,19)14-9-11(10-17)6-7-13(14)15/h6-7,9,12,17H,2-5,8,10H2,1H3. The van der Waals surface area contributed by atoms with Crippen molar-refractivity contribution in [3.8, 4) is 0 Å². The molecule has 1 N–H and O–H groups in total. The van der Waals surface area contributed by atoms with Crippen LogP contribution in [0, 0.1) is 5.82 Å². The van der Waals surface area contributed by atoms with Crippen molar-refractivity contribution in [3.63, 3.8) is 0 Å². The maximum absolute atomic E-state index is 13.9. The van der Waals surface area contributed by atoms with Crippen LogP contribution in [0.3, 0.4) is 0 Å². The predicted molar refractivity (Wildman–Crippen MR) is 74.1 cm³/mol. The first kappa shape index (κ1) is 15.4. The third-order valence-electron chi connectivity index (χ3n) is 3.81. The molecule has 0 spiro atoms. The highest BCUT2D eigenvalue weighted by atomic mass is 32.2. The minimum Gasteiger partial charge on any atom is -0.392 e. The average molecular weight is 301 g/mol. The van der Waals surface area contributed by atoms with Gasteiger partial charge in [0, 0.05) is 12.6 Å². The molecule has 1 fully saturated rings. The maximum atomic E-state index is 13.9. The summed E-state index contributed by atoms with van der Waals surface area (Å²) in [5.74, 6) is -0.761. The van der Waals surface area contributed by atoms with Crippen LogP contribution in [0.15, 0.2) is 23.1 Å². The number of halogens is 1. The number of hydrogen-bond donors (Lipinski definition) is 1. The molecule has 2 rings (SSSR count). The first-order valence-electron chi connectivity index (χ1n) is 6.91. The summed E-state index contributed by atoms with van der Waals surface area (Å²) in [4.78, 5) is -0.329.